The van der Waals surface area contributed by atoms with Gasteiger partial charge in [-0.05, 0) is 18.9 Å². The summed E-state index contributed by atoms with van der Waals surface area (Å²) >= 11 is 0. The molecule has 0 saturated heterocycles. The second-order valence-corrected chi connectivity index (χ2v) is 7.80. The van der Waals surface area contributed by atoms with Crippen LogP contribution in [0.3, 0.4) is 0 Å². The number of carbonyl (C=O) groups excluding carboxylic acids is 1. The van der Waals surface area contributed by atoms with Crippen LogP contribution in [0.15, 0.2) is 42.5 Å². The highest BCUT2D eigenvalue weighted by Gasteiger charge is 2.20. The molecule has 1 heteroatoms. The van der Waals surface area contributed by atoms with E-state index in [2.05, 4.69) is 13.5 Å². The van der Waals surface area contributed by atoms with Crippen molar-refractivity contribution in [2.24, 2.45) is 0 Å². The zero-order chi connectivity index (χ0) is 19.0. The van der Waals surface area contributed by atoms with Crippen LogP contribution in [0, 0.1) is 0 Å². The summed E-state index contributed by atoms with van der Waals surface area (Å²) in [5.74, 6) is 0.208. The van der Waals surface area contributed by atoms with Gasteiger partial charge in [0.2, 0.25) is 0 Å². The smallest absolute Gasteiger partial charge is 0.144 e. The Bertz CT molecular complexity index is 488. The number of benzene rings is 1. The van der Waals surface area contributed by atoms with Gasteiger partial charge in [-0.15, -0.1) is 0 Å². The molecule has 1 unspecified atom stereocenters. The van der Waals surface area contributed by atoms with Crippen molar-refractivity contribution in [3.8, 4) is 0 Å². The molecule has 1 atom stereocenters. The largest absolute Gasteiger partial charge is 0.299 e. The maximum atomic E-state index is 12.6. The molecule has 1 rings (SSSR count). The van der Waals surface area contributed by atoms with Crippen molar-refractivity contribution in [1.82, 2.24) is 0 Å². The summed E-state index contributed by atoms with van der Waals surface area (Å²) in [5.41, 5.74) is 2.05. The van der Waals surface area contributed by atoms with Gasteiger partial charge in [0.15, 0.2) is 0 Å². The molecule has 0 amide bonds. The van der Waals surface area contributed by atoms with Gasteiger partial charge in [0.05, 0.1) is 5.92 Å². The van der Waals surface area contributed by atoms with E-state index in [-0.39, 0.29) is 5.92 Å². The van der Waals surface area contributed by atoms with Gasteiger partial charge in [-0.25, -0.2) is 0 Å². The fourth-order valence-corrected chi connectivity index (χ4v) is 3.68. The quantitative estimate of drug-likeness (QED) is 0.216. The Morgan fingerprint density at radius 2 is 1.27 bits per heavy atom. The average molecular weight is 357 g/mol. The van der Waals surface area contributed by atoms with Gasteiger partial charge >= 0.3 is 0 Å². The van der Waals surface area contributed by atoms with E-state index in [0.717, 1.165) is 17.6 Å². The average Bonchev–Trinajstić information content (AvgIpc) is 2.63. The Morgan fingerprint density at radius 1 is 0.808 bits per heavy atom. The Hall–Kier alpha value is -1.37. The maximum Gasteiger partial charge on any atom is 0.144 e. The lowest BCUT2D eigenvalue weighted by Gasteiger charge is -2.16. The summed E-state index contributed by atoms with van der Waals surface area (Å²) in [5, 5.41) is 0. The molecule has 0 saturated carbocycles. The van der Waals surface area contributed by atoms with Crippen LogP contribution in [0.25, 0.3) is 0 Å². The third kappa shape index (κ3) is 9.94. The van der Waals surface area contributed by atoms with Crippen LogP contribution >= 0.6 is 0 Å². The summed E-state index contributed by atoms with van der Waals surface area (Å²) in [6.07, 6.45) is 16.6. The van der Waals surface area contributed by atoms with Crippen molar-refractivity contribution in [1.29, 1.82) is 0 Å². The number of ketones is 1. The molecule has 0 aliphatic carbocycles. The number of hydrogen-bond donors (Lipinski definition) is 0. The number of Topliss-reactive ketones (excluding diaryl/α,β-unsaturated/α-hetero) is 1. The second-order valence-electron chi connectivity index (χ2n) is 7.80. The molecule has 1 aromatic rings. The van der Waals surface area contributed by atoms with Gasteiger partial charge in [-0.2, -0.15) is 0 Å². The Morgan fingerprint density at radius 3 is 1.73 bits per heavy atom. The first-order chi connectivity index (χ1) is 12.7. The highest BCUT2D eigenvalue weighted by atomic mass is 16.1. The molecule has 1 nitrogen and oxygen atoms in total. The molecular formula is C25H40O. The van der Waals surface area contributed by atoms with Crippen LogP contribution in [0.1, 0.15) is 109 Å². The Labute approximate surface area is 162 Å². The van der Waals surface area contributed by atoms with Crippen LogP contribution < -0.4 is 0 Å². The molecule has 0 radical (unpaired) electrons. The topological polar surface area (TPSA) is 17.1 Å². The van der Waals surface area contributed by atoms with Gasteiger partial charge in [-0.3, -0.25) is 4.79 Å². The second kappa shape index (κ2) is 14.8. The first-order valence-corrected chi connectivity index (χ1v) is 10.9. The van der Waals surface area contributed by atoms with Gasteiger partial charge in [0, 0.05) is 6.42 Å². The highest BCUT2D eigenvalue weighted by molar-refractivity contribution is 5.88. The van der Waals surface area contributed by atoms with E-state index in [1.54, 1.807) is 0 Å². The zero-order valence-corrected chi connectivity index (χ0v) is 17.3. The van der Waals surface area contributed by atoms with Gasteiger partial charge in [-0.1, -0.05) is 120 Å². The molecular weight excluding hydrogens is 316 g/mol. The molecule has 0 N–H and O–H groups in total. The first-order valence-electron chi connectivity index (χ1n) is 10.9. The van der Waals surface area contributed by atoms with Crippen molar-refractivity contribution in [2.75, 3.05) is 0 Å². The summed E-state index contributed by atoms with van der Waals surface area (Å²) in [4.78, 5) is 12.6. The maximum absolute atomic E-state index is 12.6. The Balaban J connectivity index is 2.08. The molecule has 0 bridgehead atoms. The van der Waals surface area contributed by atoms with E-state index >= 15 is 0 Å². The van der Waals surface area contributed by atoms with Crippen LogP contribution in [-0.4, -0.2) is 5.78 Å². The number of allylic oxidation sites excluding steroid dienone is 1. The van der Waals surface area contributed by atoms with Crippen LogP contribution in [0.5, 0.6) is 0 Å². The van der Waals surface area contributed by atoms with Crippen molar-refractivity contribution in [2.45, 2.75) is 103 Å². The monoisotopic (exact) mass is 356 g/mol. The Kier molecular flexibility index (Phi) is 12.9. The summed E-state index contributed by atoms with van der Waals surface area (Å²) in [6, 6.07) is 10.1. The van der Waals surface area contributed by atoms with E-state index in [4.69, 9.17) is 0 Å². The predicted octanol–water partition coefficient (Wildman–Crippen LogP) is 8.01. The molecule has 0 fully saturated rings. The van der Waals surface area contributed by atoms with E-state index in [0.29, 0.717) is 12.2 Å². The fraction of sp³-hybridized carbons (Fsp3) is 0.640. The SMILES string of the molecule is C=C(C)C(C(=O)CCCCCCCCCCCCCC)c1ccccc1. The third-order valence-corrected chi connectivity index (χ3v) is 5.22. The van der Waals surface area contributed by atoms with Gasteiger partial charge in [0.25, 0.3) is 0 Å². The molecule has 1 aromatic carbocycles. The van der Waals surface area contributed by atoms with Crippen LogP contribution in [0.4, 0.5) is 0 Å². The lowest BCUT2D eigenvalue weighted by atomic mass is 9.87. The van der Waals surface area contributed by atoms with Crippen molar-refractivity contribution in [3.05, 3.63) is 48.0 Å². The zero-order valence-electron chi connectivity index (χ0n) is 17.3. The van der Waals surface area contributed by atoms with Gasteiger partial charge < -0.3 is 0 Å². The lowest BCUT2D eigenvalue weighted by Crippen LogP contribution is -2.13. The minimum atomic E-state index is -0.121. The van der Waals surface area contributed by atoms with E-state index in [1.807, 2.05) is 37.3 Å². The first kappa shape index (κ1) is 22.7. The number of unbranched alkanes of at least 4 members (excludes halogenated alkanes) is 11. The minimum Gasteiger partial charge on any atom is -0.299 e. The fourth-order valence-electron chi connectivity index (χ4n) is 3.68. The lowest BCUT2D eigenvalue weighted by molar-refractivity contribution is -0.119. The van der Waals surface area contributed by atoms with E-state index in [1.165, 1.54) is 70.6 Å². The summed E-state index contributed by atoms with van der Waals surface area (Å²) < 4.78 is 0. The van der Waals surface area contributed by atoms with E-state index < -0.39 is 0 Å². The normalized spacial score (nSPS) is 12.1. The number of hydrogen-bond acceptors (Lipinski definition) is 1. The van der Waals surface area contributed by atoms with Crippen molar-refractivity contribution < 1.29 is 4.79 Å². The van der Waals surface area contributed by atoms with Crippen molar-refractivity contribution >= 4 is 5.78 Å². The molecule has 0 aliphatic heterocycles. The summed E-state index contributed by atoms with van der Waals surface area (Å²) in [7, 11) is 0. The highest BCUT2D eigenvalue weighted by Crippen LogP contribution is 2.26. The van der Waals surface area contributed by atoms with Crippen molar-refractivity contribution in [3.63, 3.8) is 0 Å². The van der Waals surface area contributed by atoms with E-state index in [9.17, 15) is 4.79 Å². The molecule has 0 aliphatic rings. The van der Waals surface area contributed by atoms with Crippen LogP contribution in [0.2, 0.25) is 0 Å². The third-order valence-electron chi connectivity index (χ3n) is 5.22. The number of carbonyl (C=O) groups is 1. The minimum absolute atomic E-state index is 0.121. The molecule has 0 aromatic heterocycles. The summed E-state index contributed by atoms with van der Waals surface area (Å²) in [6.45, 7) is 8.28. The molecule has 146 valence electrons. The molecule has 26 heavy (non-hydrogen) atoms. The molecule has 0 spiro atoms. The number of rotatable bonds is 16. The van der Waals surface area contributed by atoms with Crippen LogP contribution in [-0.2, 0) is 4.79 Å². The molecule has 0 heterocycles. The predicted molar refractivity (Wildman–Crippen MR) is 115 cm³/mol. The standard InChI is InChI=1S/C25H40O/c1-4-5-6-7-8-9-10-11-12-13-14-18-21-24(26)25(22(2)3)23-19-16-15-17-20-23/h15-17,19-20,25H,2,4-14,18,21H2,1,3H3. The van der Waals surface area contributed by atoms with Gasteiger partial charge in [0.1, 0.15) is 5.78 Å².